The van der Waals surface area contributed by atoms with E-state index in [9.17, 15) is 4.79 Å². The van der Waals surface area contributed by atoms with E-state index in [0.29, 0.717) is 13.1 Å². The summed E-state index contributed by atoms with van der Waals surface area (Å²) in [4.78, 5) is 14.3. The van der Waals surface area contributed by atoms with E-state index in [1.165, 1.54) is 15.3 Å². The zero-order valence-corrected chi connectivity index (χ0v) is 12.7. The fourth-order valence-electron chi connectivity index (χ4n) is 1.90. The van der Waals surface area contributed by atoms with Crippen molar-refractivity contribution in [3.8, 4) is 0 Å². The molecule has 20 heavy (non-hydrogen) atoms. The quantitative estimate of drug-likeness (QED) is 0.858. The van der Waals surface area contributed by atoms with Crippen LogP contribution in [0, 0.1) is 13.8 Å². The van der Waals surface area contributed by atoms with Gasteiger partial charge < -0.3 is 10.6 Å². The van der Waals surface area contributed by atoms with Crippen molar-refractivity contribution >= 4 is 17.2 Å². The number of hydrogen-bond acceptors (Lipinski definition) is 3. The van der Waals surface area contributed by atoms with Gasteiger partial charge in [0, 0.05) is 22.8 Å². The number of aryl methyl sites for hydroxylation is 2. The molecule has 0 atom stereocenters. The smallest absolute Gasteiger partial charge is 0.234 e. The van der Waals surface area contributed by atoms with Crippen molar-refractivity contribution in [1.29, 1.82) is 0 Å². The number of thiophene rings is 1. The second-order valence-electron chi connectivity index (χ2n) is 4.82. The SMILES string of the molecule is Cc1cc(CNCC(=O)NCc2ccccc2)sc1C. The maximum atomic E-state index is 11.7. The number of carbonyl (C=O) groups excluding carboxylic acids is 1. The molecule has 2 aromatic rings. The lowest BCUT2D eigenvalue weighted by Gasteiger charge is -2.06. The molecule has 2 N–H and O–H groups in total. The van der Waals surface area contributed by atoms with Gasteiger partial charge in [0.1, 0.15) is 0 Å². The van der Waals surface area contributed by atoms with Crippen LogP contribution in [0.25, 0.3) is 0 Å². The molecule has 0 aliphatic heterocycles. The fourth-order valence-corrected chi connectivity index (χ4v) is 2.92. The summed E-state index contributed by atoms with van der Waals surface area (Å²) in [6.07, 6.45) is 0. The van der Waals surface area contributed by atoms with Gasteiger partial charge in [-0.25, -0.2) is 0 Å². The predicted molar refractivity (Wildman–Crippen MR) is 83.8 cm³/mol. The zero-order valence-electron chi connectivity index (χ0n) is 11.9. The average Bonchev–Trinajstić information content (AvgIpc) is 2.76. The molecule has 0 spiro atoms. The van der Waals surface area contributed by atoms with Gasteiger partial charge in [0.25, 0.3) is 0 Å². The van der Waals surface area contributed by atoms with E-state index in [4.69, 9.17) is 0 Å². The van der Waals surface area contributed by atoms with Gasteiger partial charge in [-0.3, -0.25) is 4.79 Å². The van der Waals surface area contributed by atoms with Gasteiger partial charge in [0.15, 0.2) is 0 Å². The minimum absolute atomic E-state index is 0.0267. The molecule has 1 aromatic heterocycles. The molecule has 0 radical (unpaired) electrons. The van der Waals surface area contributed by atoms with Crippen molar-refractivity contribution in [3.63, 3.8) is 0 Å². The first-order valence-corrected chi connectivity index (χ1v) is 7.54. The lowest BCUT2D eigenvalue weighted by molar-refractivity contribution is -0.120. The van der Waals surface area contributed by atoms with Crippen LogP contribution in [-0.2, 0) is 17.9 Å². The van der Waals surface area contributed by atoms with E-state index < -0.39 is 0 Å². The van der Waals surface area contributed by atoms with Gasteiger partial charge in [-0.1, -0.05) is 30.3 Å². The van der Waals surface area contributed by atoms with Crippen molar-refractivity contribution in [2.45, 2.75) is 26.9 Å². The van der Waals surface area contributed by atoms with Crippen molar-refractivity contribution < 1.29 is 4.79 Å². The summed E-state index contributed by atoms with van der Waals surface area (Å²) < 4.78 is 0. The zero-order chi connectivity index (χ0) is 14.4. The summed E-state index contributed by atoms with van der Waals surface area (Å²) in [6.45, 7) is 5.91. The lowest BCUT2D eigenvalue weighted by atomic mass is 10.2. The maximum absolute atomic E-state index is 11.7. The first-order valence-electron chi connectivity index (χ1n) is 6.72. The molecular weight excluding hydrogens is 268 g/mol. The third kappa shape index (κ3) is 4.47. The highest BCUT2D eigenvalue weighted by molar-refractivity contribution is 7.12. The van der Waals surface area contributed by atoms with Crippen molar-refractivity contribution in [3.05, 3.63) is 57.3 Å². The summed E-state index contributed by atoms with van der Waals surface area (Å²) in [5, 5.41) is 6.08. The normalized spacial score (nSPS) is 10.5. The summed E-state index contributed by atoms with van der Waals surface area (Å²) in [5.74, 6) is 0.0267. The molecule has 0 unspecified atom stereocenters. The molecule has 0 saturated heterocycles. The minimum atomic E-state index is 0.0267. The lowest BCUT2D eigenvalue weighted by Crippen LogP contribution is -2.33. The van der Waals surface area contributed by atoms with Crippen molar-refractivity contribution in [2.75, 3.05) is 6.54 Å². The van der Waals surface area contributed by atoms with Crippen LogP contribution in [0.2, 0.25) is 0 Å². The average molecular weight is 288 g/mol. The van der Waals surface area contributed by atoms with Gasteiger partial charge in [-0.05, 0) is 31.0 Å². The van der Waals surface area contributed by atoms with Crippen LogP contribution >= 0.6 is 11.3 Å². The van der Waals surface area contributed by atoms with E-state index in [2.05, 4.69) is 30.5 Å². The molecule has 0 saturated carbocycles. The number of hydrogen-bond donors (Lipinski definition) is 2. The Labute approximate surface area is 124 Å². The standard InChI is InChI=1S/C16H20N2OS/c1-12-8-15(20-13(12)2)10-17-11-16(19)18-9-14-6-4-3-5-7-14/h3-8,17H,9-11H2,1-2H3,(H,18,19). The molecule has 0 bridgehead atoms. The van der Waals surface area contributed by atoms with Crippen LogP contribution in [0.15, 0.2) is 36.4 Å². The van der Waals surface area contributed by atoms with Crippen LogP contribution in [-0.4, -0.2) is 12.5 Å². The first-order chi connectivity index (χ1) is 9.65. The Morgan fingerprint density at radius 3 is 2.55 bits per heavy atom. The Hall–Kier alpha value is -1.65. The Morgan fingerprint density at radius 2 is 1.90 bits per heavy atom. The van der Waals surface area contributed by atoms with E-state index in [1.54, 1.807) is 11.3 Å². The molecule has 0 fully saturated rings. The molecule has 3 nitrogen and oxygen atoms in total. The molecule has 2 rings (SSSR count). The molecule has 1 heterocycles. The number of nitrogens with one attached hydrogen (secondary N) is 2. The predicted octanol–water partition coefficient (Wildman–Crippen LogP) is 2.77. The Balaban J connectivity index is 1.68. The van der Waals surface area contributed by atoms with Crippen LogP contribution in [0.4, 0.5) is 0 Å². The maximum Gasteiger partial charge on any atom is 0.234 e. The monoisotopic (exact) mass is 288 g/mol. The van der Waals surface area contributed by atoms with Gasteiger partial charge in [-0.15, -0.1) is 11.3 Å². The number of benzene rings is 1. The highest BCUT2D eigenvalue weighted by Gasteiger charge is 2.03. The second-order valence-corrected chi connectivity index (χ2v) is 6.16. The molecule has 4 heteroatoms. The van der Waals surface area contributed by atoms with Crippen molar-refractivity contribution in [1.82, 2.24) is 10.6 Å². The van der Waals surface area contributed by atoms with E-state index in [0.717, 1.165) is 12.1 Å². The van der Waals surface area contributed by atoms with Crippen molar-refractivity contribution in [2.24, 2.45) is 0 Å². The Kier molecular flexibility index (Phi) is 5.32. The van der Waals surface area contributed by atoms with Gasteiger partial charge in [-0.2, -0.15) is 0 Å². The molecular formula is C16H20N2OS. The molecule has 1 aromatic carbocycles. The molecule has 0 aliphatic carbocycles. The minimum Gasteiger partial charge on any atom is -0.351 e. The Morgan fingerprint density at radius 1 is 1.15 bits per heavy atom. The van der Waals surface area contributed by atoms with Crippen LogP contribution in [0.1, 0.15) is 20.9 Å². The molecule has 0 aliphatic rings. The van der Waals surface area contributed by atoms with Gasteiger partial charge >= 0.3 is 0 Å². The number of carbonyl (C=O) groups is 1. The van der Waals surface area contributed by atoms with E-state index >= 15 is 0 Å². The van der Waals surface area contributed by atoms with E-state index in [1.807, 2.05) is 30.3 Å². The fraction of sp³-hybridized carbons (Fsp3) is 0.312. The van der Waals surface area contributed by atoms with E-state index in [-0.39, 0.29) is 5.91 Å². The third-order valence-corrected chi connectivity index (χ3v) is 4.29. The second kappa shape index (κ2) is 7.22. The Bertz CT molecular complexity index is 544. The largest absolute Gasteiger partial charge is 0.351 e. The topological polar surface area (TPSA) is 41.1 Å². The highest BCUT2D eigenvalue weighted by Crippen LogP contribution is 2.19. The number of rotatable bonds is 6. The first kappa shape index (κ1) is 14.8. The third-order valence-electron chi connectivity index (χ3n) is 3.13. The van der Waals surface area contributed by atoms with Gasteiger partial charge in [0.05, 0.1) is 6.54 Å². The van der Waals surface area contributed by atoms with Crippen LogP contribution in [0.5, 0.6) is 0 Å². The number of amides is 1. The highest BCUT2D eigenvalue weighted by atomic mass is 32.1. The molecule has 1 amide bonds. The van der Waals surface area contributed by atoms with Crippen LogP contribution < -0.4 is 10.6 Å². The summed E-state index contributed by atoms with van der Waals surface area (Å²) in [6, 6.07) is 12.1. The van der Waals surface area contributed by atoms with Crippen LogP contribution in [0.3, 0.4) is 0 Å². The van der Waals surface area contributed by atoms with Gasteiger partial charge in [0.2, 0.25) is 5.91 Å². The molecule has 106 valence electrons. The summed E-state index contributed by atoms with van der Waals surface area (Å²) in [5.41, 5.74) is 2.44. The summed E-state index contributed by atoms with van der Waals surface area (Å²) >= 11 is 1.78. The summed E-state index contributed by atoms with van der Waals surface area (Å²) in [7, 11) is 0.